The van der Waals surface area contributed by atoms with Crippen molar-refractivity contribution in [3.05, 3.63) is 36.0 Å². The van der Waals surface area contributed by atoms with Crippen molar-refractivity contribution >= 4 is 26.9 Å². The van der Waals surface area contributed by atoms with Crippen LogP contribution in [0.4, 0.5) is 0 Å². The van der Waals surface area contributed by atoms with Crippen LogP contribution in [-0.2, 0) is 26.0 Å². The van der Waals surface area contributed by atoms with Crippen molar-refractivity contribution in [3.63, 3.8) is 0 Å². The zero-order valence-electron chi connectivity index (χ0n) is 11.8. The maximum atomic E-state index is 11.7. The summed E-state index contributed by atoms with van der Waals surface area (Å²) >= 11 is 0. The molecule has 0 aliphatic rings. The van der Waals surface area contributed by atoms with Crippen molar-refractivity contribution in [2.75, 3.05) is 18.9 Å². The number of nitrogens with one attached hydrogen (secondary N) is 2. The van der Waals surface area contributed by atoms with E-state index >= 15 is 0 Å². The number of carbonyl (C=O) groups is 1. The van der Waals surface area contributed by atoms with Gasteiger partial charge in [-0.2, -0.15) is 0 Å². The Morgan fingerprint density at radius 1 is 1.33 bits per heavy atom. The van der Waals surface area contributed by atoms with E-state index in [-0.39, 0.29) is 13.2 Å². The first-order chi connectivity index (χ1) is 10.0. The van der Waals surface area contributed by atoms with Gasteiger partial charge in [0.05, 0.1) is 6.61 Å². The predicted octanol–water partition coefficient (Wildman–Crippen LogP) is 1.19. The van der Waals surface area contributed by atoms with Crippen molar-refractivity contribution in [2.24, 2.45) is 0 Å². The van der Waals surface area contributed by atoms with Crippen LogP contribution in [0.2, 0.25) is 0 Å². The minimum atomic E-state index is -3.64. The lowest BCUT2D eigenvalue weighted by Crippen LogP contribution is -2.32. The molecule has 0 saturated carbocycles. The summed E-state index contributed by atoms with van der Waals surface area (Å²) in [6, 6.07) is 7.81. The zero-order chi connectivity index (χ0) is 15.3. The van der Waals surface area contributed by atoms with Crippen molar-refractivity contribution in [2.45, 2.75) is 13.3 Å². The third kappa shape index (κ3) is 4.30. The molecule has 1 heterocycles. The van der Waals surface area contributed by atoms with Crippen molar-refractivity contribution < 1.29 is 17.9 Å². The molecular weight excluding hydrogens is 292 g/mol. The van der Waals surface area contributed by atoms with Crippen LogP contribution < -0.4 is 4.72 Å². The van der Waals surface area contributed by atoms with Crippen LogP contribution in [0.5, 0.6) is 0 Å². The highest BCUT2D eigenvalue weighted by Crippen LogP contribution is 2.17. The summed E-state index contributed by atoms with van der Waals surface area (Å²) < 4.78 is 30.4. The highest BCUT2D eigenvalue weighted by Gasteiger charge is 2.16. The molecule has 0 unspecified atom stereocenters. The van der Waals surface area contributed by atoms with Crippen LogP contribution >= 0.6 is 0 Å². The predicted molar refractivity (Wildman–Crippen MR) is 80.4 cm³/mol. The van der Waals surface area contributed by atoms with Gasteiger partial charge in [0.15, 0.2) is 5.75 Å². The van der Waals surface area contributed by atoms with E-state index in [1.54, 1.807) is 6.92 Å². The number of H-pyrrole nitrogens is 1. The fourth-order valence-electron chi connectivity index (χ4n) is 2.09. The van der Waals surface area contributed by atoms with Crippen LogP contribution in [0.25, 0.3) is 10.9 Å². The maximum Gasteiger partial charge on any atom is 0.322 e. The molecule has 2 N–H and O–H groups in total. The third-order valence-electron chi connectivity index (χ3n) is 3.00. The first-order valence-corrected chi connectivity index (χ1v) is 8.35. The summed E-state index contributed by atoms with van der Waals surface area (Å²) in [5.74, 6) is -1.38. The molecule has 0 bridgehead atoms. The van der Waals surface area contributed by atoms with E-state index in [9.17, 15) is 13.2 Å². The molecule has 0 radical (unpaired) electrons. The summed E-state index contributed by atoms with van der Waals surface area (Å²) in [6.45, 7) is 2.04. The van der Waals surface area contributed by atoms with Gasteiger partial charge in [-0.05, 0) is 25.0 Å². The van der Waals surface area contributed by atoms with Crippen LogP contribution in [0, 0.1) is 0 Å². The van der Waals surface area contributed by atoms with E-state index in [1.165, 1.54) is 0 Å². The minimum absolute atomic E-state index is 0.170. The molecule has 2 rings (SSSR count). The van der Waals surface area contributed by atoms with Gasteiger partial charge in [-0.1, -0.05) is 18.2 Å². The smallest absolute Gasteiger partial charge is 0.322 e. The van der Waals surface area contributed by atoms with Crippen LogP contribution in [0.15, 0.2) is 30.5 Å². The molecule has 0 amide bonds. The van der Waals surface area contributed by atoms with Gasteiger partial charge in [-0.15, -0.1) is 0 Å². The number of aromatic nitrogens is 1. The van der Waals surface area contributed by atoms with Crippen LogP contribution in [-0.4, -0.2) is 38.3 Å². The molecular formula is C14H18N2O4S. The summed E-state index contributed by atoms with van der Waals surface area (Å²) in [6.07, 6.45) is 2.41. The molecule has 21 heavy (non-hydrogen) atoms. The van der Waals surface area contributed by atoms with E-state index in [4.69, 9.17) is 0 Å². The first-order valence-electron chi connectivity index (χ1n) is 6.70. The lowest BCUT2D eigenvalue weighted by molar-refractivity contribution is -0.139. The van der Waals surface area contributed by atoms with Crippen LogP contribution in [0.3, 0.4) is 0 Å². The molecule has 2 aromatic rings. The summed E-state index contributed by atoms with van der Waals surface area (Å²) in [7, 11) is -3.64. The topological polar surface area (TPSA) is 88.3 Å². The van der Waals surface area contributed by atoms with E-state index in [1.807, 2.05) is 30.5 Å². The maximum absolute atomic E-state index is 11.7. The first kappa shape index (κ1) is 15.5. The number of sulfonamides is 1. The molecule has 0 atom stereocenters. The summed E-state index contributed by atoms with van der Waals surface area (Å²) in [5, 5.41) is 1.07. The minimum Gasteiger partial charge on any atom is -0.465 e. The molecule has 0 fully saturated rings. The lowest BCUT2D eigenvalue weighted by atomic mass is 10.1. The summed E-state index contributed by atoms with van der Waals surface area (Å²) in [5.41, 5.74) is 2.05. The van der Waals surface area contributed by atoms with Gasteiger partial charge in [0.2, 0.25) is 10.0 Å². The molecule has 1 aromatic heterocycles. The molecule has 0 saturated heterocycles. The molecule has 0 spiro atoms. The van der Waals surface area contributed by atoms with E-state index < -0.39 is 21.7 Å². The second-order valence-electron chi connectivity index (χ2n) is 4.57. The Morgan fingerprint density at radius 3 is 2.86 bits per heavy atom. The molecule has 0 aliphatic heterocycles. The average molecular weight is 310 g/mol. The SMILES string of the molecule is CCOC(=O)CS(=O)(=O)NCCc1c[nH]c2ccccc12. The standard InChI is InChI=1S/C14H18N2O4S/c1-2-20-14(17)10-21(18,19)16-8-7-11-9-15-13-6-4-3-5-12(11)13/h3-6,9,15-16H,2,7-8,10H2,1H3. The van der Waals surface area contributed by atoms with Gasteiger partial charge in [0.25, 0.3) is 0 Å². The molecule has 7 heteroatoms. The number of carbonyl (C=O) groups excluding carboxylic acids is 1. The number of rotatable bonds is 7. The number of esters is 1. The Bertz CT molecular complexity index is 721. The number of ether oxygens (including phenoxy) is 1. The molecule has 1 aromatic carbocycles. The van der Waals surface area contributed by atoms with Gasteiger partial charge < -0.3 is 9.72 Å². The second kappa shape index (κ2) is 6.73. The number of benzene rings is 1. The van der Waals surface area contributed by atoms with Gasteiger partial charge in [-0.25, -0.2) is 13.1 Å². The monoisotopic (exact) mass is 310 g/mol. The Kier molecular flexibility index (Phi) is 4.98. The quantitative estimate of drug-likeness (QED) is 0.752. The molecule has 0 aliphatic carbocycles. The van der Waals surface area contributed by atoms with Crippen LogP contribution in [0.1, 0.15) is 12.5 Å². The van der Waals surface area contributed by atoms with Crippen molar-refractivity contribution in [1.82, 2.24) is 9.71 Å². The Morgan fingerprint density at radius 2 is 2.10 bits per heavy atom. The highest BCUT2D eigenvalue weighted by molar-refractivity contribution is 7.90. The van der Waals surface area contributed by atoms with Gasteiger partial charge in [0, 0.05) is 23.6 Å². The zero-order valence-corrected chi connectivity index (χ0v) is 12.6. The van der Waals surface area contributed by atoms with Gasteiger partial charge in [0.1, 0.15) is 0 Å². The number of fused-ring (bicyclic) bond motifs is 1. The number of hydrogen-bond donors (Lipinski definition) is 2. The lowest BCUT2D eigenvalue weighted by Gasteiger charge is -2.06. The number of hydrogen-bond acceptors (Lipinski definition) is 4. The van der Waals surface area contributed by atoms with Gasteiger partial charge in [-0.3, -0.25) is 4.79 Å². The van der Waals surface area contributed by atoms with E-state index in [2.05, 4.69) is 14.4 Å². The van der Waals surface area contributed by atoms with Crippen molar-refractivity contribution in [3.8, 4) is 0 Å². The number of para-hydroxylation sites is 1. The number of aromatic amines is 1. The average Bonchev–Trinajstić information content (AvgIpc) is 2.82. The Labute approximate surface area is 123 Å². The fraction of sp³-hybridized carbons (Fsp3) is 0.357. The molecule has 6 nitrogen and oxygen atoms in total. The highest BCUT2D eigenvalue weighted by atomic mass is 32.2. The van der Waals surface area contributed by atoms with Crippen molar-refractivity contribution in [1.29, 1.82) is 0 Å². The third-order valence-corrected chi connectivity index (χ3v) is 4.26. The largest absolute Gasteiger partial charge is 0.465 e. The fourth-order valence-corrected chi connectivity index (χ4v) is 3.00. The Balaban J connectivity index is 1.90. The normalized spacial score (nSPS) is 11.7. The molecule has 114 valence electrons. The Hall–Kier alpha value is -1.86. The van der Waals surface area contributed by atoms with E-state index in [0.29, 0.717) is 6.42 Å². The van der Waals surface area contributed by atoms with E-state index in [0.717, 1.165) is 16.5 Å². The second-order valence-corrected chi connectivity index (χ2v) is 6.37. The van der Waals surface area contributed by atoms with Gasteiger partial charge >= 0.3 is 5.97 Å². The summed E-state index contributed by atoms with van der Waals surface area (Å²) in [4.78, 5) is 14.3.